The van der Waals surface area contributed by atoms with E-state index in [1.54, 1.807) is 30.6 Å². The molecule has 3 aromatic rings. The van der Waals surface area contributed by atoms with Gasteiger partial charge in [-0.25, -0.2) is 0 Å². The minimum atomic E-state index is -0.277. The van der Waals surface area contributed by atoms with Gasteiger partial charge in [0.15, 0.2) is 12.4 Å². The van der Waals surface area contributed by atoms with Gasteiger partial charge >= 0.3 is 0 Å². The maximum Gasteiger partial charge on any atom is 0.263 e. The fourth-order valence-corrected chi connectivity index (χ4v) is 2.19. The van der Waals surface area contributed by atoms with Gasteiger partial charge in [0, 0.05) is 28.5 Å². The molecule has 2 N–H and O–H groups in total. The van der Waals surface area contributed by atoms with Gasteiger partial charge in [0.2, 0.25) is 0 Å². The molecule has 0 unspecified atom stereocenters. The van der Waals surface area contributed by atoms with Crippen LogP contribution >= 0.6 is 15.9 Å². The lowest BCUT2D eigenvalue weighted by atomic mass is 10.2. The normalized spacial score (nSPS) is 10.3. The number of hydrogen-bond acceptors (Lipinski definition) is 4. The van der Waals surface area contributed by atoms with E-state index in [1.165, 1.54) is 0 Å². The first-order valence-corrected chi connectivity index (χ1v) is 7.64. The summed E-state index contributed by atoms with van der Waals surface area (Å²) in [5.74, 6) is 0.796. The molecule has 0 aliphatic carbocycles. The van der Waals surface area contributed by atoms with E-state index in [2.05, 4.69) is 36.4 Å². The molecule has 0 aliphatic rings. The van der Waals surface area contributed by atoms with Crippen molar-refractivity contribution in [3.05, 3.63) is 59.3 Å². The summed E-state index contributed by atoms with van der Waals surface area (Å²) in [5.41, 5.74) is 1.75. The molecule has 0 atom stereocenters. The van der Waals surface area contributed by atoms with Crippen LogP contribution in [0.4, 0.5) is 5.82 Å². The highest BCUT2D eigenvalue weighted by molar-refractivity contribution is 9.10. The fourth-order valence-electron chi connectivity index (χ4n) is 1.92. The molecule has 1 aromatic carbocycles. The Bertz CT molecular complexity index is 787. The summed E-state index contributed by atoms with van der Waals surface area (Å²) in [6.07, 6.45) is 3.39. The van der Waals surface area contributed by atoms with Crippen LogP contribution in [0.3, 0.4) is 0 Å². The van der Waals surface area contributed by atoms with Crippen LogP contribution in [0.1, 0.15) is 0 Å². The summed E-state index contributed by atoms with van der Waals surface area (Å²) in [6, 6.07) is 12.7. The van der Waals surface area contributed by atoms with Crippen LogP contribution in [0, 0.1) is 0 Å². The molecular formula is C16H13BrN4O2. The summed E-state index contributed by atoms with van der Waals surface area (Å²) >= 11 is 3.34. The van der Waals surface area contributed by atoms with Crippen molar-refractivity contribution in [2.45, 2.75) is 0 Å². The van der Waals surface area contributed by atoms with Gasteiger partial charge in [-0.15, -0.1) is 0 Å². The van der Waals surface area contributed by atoms with Crippen molar-refractivity contribution in [1.29, 1.82) is 0 Å². The van der Waals surface area contributed by atoms with Gasteiger partial charge < -0.3 is 10.1 Å². The van der Waals surface area contributed by atoms with Gasteiger partial charge in [-0.3, -0.25) is 14.9 Å². The number of carbonyl (C=O) groups is 1. The van der Waals surface area contributed by atoms with Gasteiger partial charge in [0.25, 0.3) is 5.91 Å². The molecule has 0 spiro atoms. The number of ether oxygens (including phenoxy) is 1. The van der Waals surface area contributed by atoms with Gasteiger partial charge in [-0.2, -0.15) is 5.10 Å². The van der Waals surface area contributed by atoms with Crippen molar-refractivity contribution < 1.29 is 9.53 Å². The zero-order chi connectivity index (χ0) is 16.1. The number of H-pyrrole nitrogens is 1. The number of aromatic nitrogens is 3. The minimum absolute atomic E-state index is 0.0842. The number of carbonyl (C=O) groups excluding carboxylic acids is 1. The Balaban J connectivity index is 1.56. The third-order valence-corrected chi connectivity index (χ3v) is 3.55. The number of anilines is 1. The maximum atomic E-state index is 11.9. The molecule has 7 heteroatoms. The smallest absolute Gasteiger partial charge is 0.263 e. The van der Waals surface area contributed by atoms with Crippen LogP contribution in [0.15, 0.2) is 59.3 Å². The number of aromatic amines is 1. The van der Waals surface area contributed by atoms with Crippen LogP contribution in [-0.2, 0) is 4.79 Å². The molecule has 0 radical (unpaired) electrons. The Morgan fingerprint density at radius 3 is 2.65 bits per heavy atom. The number of nitrogens with one attached hydrogen (secondary N) is 2. The van der Waals surface area contributed by atoms with Gasteiger partial charge in [-0.05, 0) is 36.4 Å². The standard InChI is InChI=1S/C16H13BrN4O2/c17-12-1-3-13(4-2-12)23-10-16(22)19-15-9-14(20-21-15)11-5-7-18-8-6-11/h1-9H,10H2,(H2,19,20,21,22). The van der Waals surface area contributed by atoms with Crippen LogP contribution in [0.5, 0.6) is 5.75 Å². The Kier molecular flexibility index (Phi) is 4.68. The van der Waals surface area contributed by atoms with Crippen LogP contribution < -0.4 is 10.1 Å². The molecule has 0 saturated heterocycles. The zero-order valence-electron chi connectivity index (χ0n) is 12.0. The summed E-state index contributed by atoms with van der Waals surface area (Å²) in [4.78, 5) is 15.9. The van der Waals surface area contributed by atoms with Crippen molar-refractivity contribution in [2.75, 3.05) is 11.9 Å². The van der Waals surface area contributed by atoms with E-state index in [1.807, 2.05) is 24.3 Å². The van der Waals surface area contributed by atoms with Crippen LogP contribution in [-0.4, -0.2) is 27.7 Å². The second-order valence-electron chi connectivity index (χ2n) is 4.69. The van der Waals surface area contributed by atoms with E-state index in [4.69, 9.17) is 4.74 Å². The number of pyridine rings is 1. The molecule has 6 nitrogen and oxygen atoms in total. The lowest BCUT2D eigenvalue weighted by Crippen LogP contribution is -2.20. The van der Waals surface area contributed by atoms with Crippen molar-refractivity contribution >= 4 is 27.7 Å². The second kappa shape index (κ2) is 7.06. The fraction of sp³-hybridized carbons (Fsp3) is 0.0625. The van der Waals surface area contributed by atoms with Crippen molar-refractivity contribution in [3.63, 3.8) is 0 Å². The first-order chi connectivity index (χ1) is 11.2. The van der Waals surface area contributed by atoms with Crippen molar-refractivity contribution in [2.24, 2.45) is 0 Å². The Morgan fingerprint density at radius 1 is 1.17 bits per heavy atom. The molecular weight excluding hydrogens is 360 g/mol. The van der Waals surface area contributed by atoms with Gasteiger partial charge in [0.05, 0.1) is 5.69 Å². The summed E-state index contributed by atoms with van der Waals surface area (Å²) in [7, 11) is 0. The lowest BCUT2D eigenvalue weighted by molar-refractivity contribution is -0.118. The van der Waals surface area contributed by atoms with E-state index in [-0.39, 0.29) is 12.5 Å². The predicted molar refractivity (Wildman–Crippen MR) is 90.1 cm³/mol. The van der Waals surface area contributed by atoms with Gasteiger partial charge in [-0.1, -0.05) is 15.9 Å². The third kappa shape index (κ3) is 4.17. The summed E-state index contributed by atoms with van der Waals surface area (Å²) in [6.45, 7) is -0.0842. The number of hydrogen-bond donors (Lipinski definition) is 2. The Morgan fingerprint density at radius 2 is 1.91 bits per heavy atom. The van der Waals surface area contributed by atoms with E-state index in [0.717, 1.165) is 15.7 Å². The summed E-state index contributed by atoms with van der Waals surface area (Å²) in [5, 5.41) is 9.61. The average molecular weight is 373 g/mol. The van der Waals surface area contributed by atoms with E-state index < -0.39 is 0 Å². The highest BCUT2D eigenvalue weighted by Gasteiger charge is 2.08. The molecule has 0 bridgehead atoms. The quantitative estimate of drug-likeness (QED) is 0.720. The molecule has 1 amide bonds. The lowest BCUT2D eigenvalue weighted by Gasteiger charge is -2.05. The SMILES string of the molecule is O=C(COc1ccc(Br)cc1)Nc1cc(-c2ccncc2)[nH]n1. The first kappa shape index (κ1) is 15.2. The van der Waals surface area contributed by atoms with E-state index in [9.17, 15) is 4.79 Å². The zero-order valence-corrected chi connectivity index (χ0v) is 13.6. The van der Waals surface area contributed by atoms with Crippen LogP contribution in [0.25, 0.3) is 11.3 Å². The average Bonchev–Trinajstić information content (AvgIpc) is 3.04. The third-order valence-electron chi connectivity index (χ3n) is 3.02. The monoisotopic (exact) mass is 372 g/mol. The topological polar surface area (TPSA) is 79.9 Å². The largest absolute Gasteiger partial charge is 0.484 e. The number of amides is 1. The molecule has 23 heavy (non-hydrogen) atoms. The van der Waals surface area contributed by atoms with E-state index >= 15 is 0 Å². The summed E-state index contributed by atoms with van der Waals surface area (Å²) < 4.78 is 6.36. The van der Waals surface area contributed by atoms with Gasteiger partial charge in [0.1, 0.15) is 5.75 Å². The number of benzene rings is 1. The highest BCUT2D eigenvalue weighted by Crippen LogP contribution is 2.19. The van der Waals surface area contributed by atoms with E-state index in [0.29, 0.717) is 11.6 Å². The second-order valence-corrected chi connectivity index (χ2v) is 5.61. The molecule has 2 heterocycles. The molecule has 0 saturated carbocycles. The highest BCUT2D eigenvalue weighted by atomic mass is 79.9. The Labute approximate surface area is 141 Å². The minimum Gasteiger partial charge on any atom is -0.484 e. The van der Waals surface area contributed by atoms with Crippen molar-refractivity contribution in [1.82, 2.24) is 15.2 Å². The molecule has 0 aliphatic heterocycles. The molecule has 3 rings (SSSR count). The maximum absolute atomic E-state index is 11.9. The van der Waals surface area contributed by atoms with Crippen molar-refractivity contribution in [3.8, 4) is 17.0 Å². The number of halogens is 1. The Hall–Kier alpha value is -2.67. The molecule has 116 valence electrons. The number of rotatable bonds is 5. The predicted octanol–water partition coefficient (Wildman–Crippen LogP) is 3.25. The molecule has 2 aromatic heterocycles. The first-order valence-electron chi connectivity index (χ1n) is 6.85. The van der Waals surface area contributed by atoms with Crippen LogP contribution in [0.2, 0.25) is 0 Å². The molecule has 0 fully saturated rings. The number of nitrogens with zero attached hydrogens (tertiary/aromatic N) is 2.